The Hall–Kier alpha value is -1.20. The predicted octanol–water partition coefficient (Wildman–Crippen LogP) is 5.38. The molecule has 0 fully saturated rings. The smallest absolute Gasteiger partial charge is 0.0923 e. The Balaban J connectivity index is 3.07. The number of thioether (sulfide) groups is 1. The molecule has 0 radical (unpaired) electrons. The number of rotatable bonds is 2. The van der Waals surface area contributed by atoms with Gasteiger partial charge in [-0.25, -0.2) is 0 Å². The van der Waals surface area contributed by atoms with Crippen molar-refractivity contribution in [3.63, 3.8) is 0 Å². The molecule has 0 unspecified atom stereocenters. The lowest BCUT2D eigenvalue weighted by Gasteiger charge is -2.22. The van der Waals surface area contributed by atoms with E-state index in [0.717, 1.165) is 10.5 Å². The molecule has 1 nitrogen and oxygen atoms in total. The lowest BCUT2D eigenvalue weighted by atomic mass is 9.87. The standard InChI is InChI=1S/C17H23NS/c1-16(2,3)14-9-7-13(8-10-14)15(11-12-18)19-17(4,5)6/h7-11H,1-6H3. The van der Waals surface area contributed by atoms with Gasteiger partial charge in [0.1, 0.15) is 0 Å². The summed E-state index contributed by atoms with van der Waals surface area (Å²) in [6.45, 7) is 13.1. The molecule has 0 atom stereocenters. The number of hydrogen-bond acceptors (Lipinski definition) is 2. The van der Waals surface area contributed by atoms with Gasteiger partial charge in [0.25, 0.3) is 0 Å². The van der Waals surface area contributed by atoms with Crippen molar-refractivity contribution in [1.82, 2.24) is 0 Å². The average molecular weight is 273 g/mol. The van der Waals surface area contributed by atoms with Gasteiger partial charge in [-0.15, -0.1) is 11.8 Å². The molecule has 0 aromatic heterocycles. The molecule has 1 aromatic rings. The number of hydrogen-bond donors (Lipinski definition) is 0. The van der Waals surface area contributed by atoms with Crippen LogP contribution >= 0.6 is 11.8 Å². The molecule has 0 saturated carbocycles. The van der Waals surface area contributed by atoms with E-state index in [2.05, 4.69) is 71.9 Å². The maximum atomic E-state index is 8.94. The summed E-state index contributed by atoms with van der Waals surface area (Å²) >= 11 is 1.73. The van der Waals surface area contributed by atoms with Crippen molar-refractivity contribution in [2.45, 2.75) is 51.7 Å². The number of nitrogens with zero attached hydrogens (tertiary/aromatic N) is 1. The van der Waals surface area contributed by atoms with Gasteiger partial charge in [-0.05, 0) is 16.5 Å². The molecule has 0 bridgehead atoms. The van der Waals surface area contributed by atoms with Crippen molar-refractivity contribution < 1.29 is 0 Å². The first-order valence-electron chi connectivity index (χ1n) is 6.53. The van der Waals surface area contributed by atoms with Crippen molar-refractivity contribution >= 4 is 16.7 Å². The number of allylic oxidation sites excluding steroid dienone is 1. The van der Waals surface area contributed by atoms with Crippen LogP contribution in [-0.2, 0) is 5.41 Å². The zero-order valence-electron chi connectivity index (χ0n) is 12.7. The zero-order valence-corrected chi connectivity index (χ0v) is 13.6. The quantitative estimate of drug-likeness (QED) is 0.675. The van der Waals surface area contributed by atoms with E-state index in [9.17, 15) is 0 Å². The number of nitriles is 1. The van der Waals surface area contributed by atoms with Gasteiger partial charge in [0, 0.05) is 15.7 Å². The van der Waals surface area contributed by atoms with Crippen molar-refractivity contribution in [3.05, 3.63) is 41.5 Å². The molecule has 1 aromatic carbocycles. The molecule has 0 N–H and O–H groups in total. The van der Waals surface area contributed by atoms with Crippen LogP contribution in [0.1, 0.15) is 52.7 Å². The van der Waals surface area contributed by atoms with Crippen LogP contribution in [0.2, 0.25) is 0 Å². The van der Waals surface area contributed by atoms with E-state index in [-0.39, 0.29) is 10.2 Å². The fourth-order valence-corrected chi connectivity index (χ4v) is 2.72. The van der Waals surface area contributed by atoms with Crippen molar-refractivity contribution in [3.8, 4) is 6.07 Å². The fraction of sp³-hybridized carbons (Fsp3) is 0.471. The minimum atomic E-state index is 0.103. The molecule has 0 spiro atoms. The summed E-state index contributed by atoms with van der Waals surface area (Å²) in [6.07, 6.45) is 1.64. The first kappa shape index (κ1) is 15.9. The van der Waals surface area contributed by atoms with Crippen LogP contribution in [0.4, 0.5) is 0 Å². The third kappa shape index (κ3) is 5.12. The normalized spacial score (nSPS) is 13.2. The second kappa shape index (κ2) is 5.84. The molecule has 0 saturated heterocycles. The summed E-state index contributed by atoms with van der Waals surface area (Å²) < 4.78 is 0.103. The number of benzene rings is 1. The van der Waals surface area contributed by atoms with Gasteiger partial charge in [0.2, 0.25) is 0 Å². The van der Waals surface area contributed by atoms with Crippen LogP contribution in [0.15, 0.2) is 30.3 Å². The first-order chi connectivity index (χ1) is 8.63. The molecule has 19 heavy (non-hydrogen) atoms. The van der Waals surface area contributed by atoms with Gasteiger partial charge in [0.15, 0.2) is 0 Å². The van der Waals surface area contributed by atoms with Crippen molar-refractivity contribution in [1.29, 1.82) is 5.26 Å². The lowest BCUT2D eigenvalue weighted by Crippen LogP contribution is -2.11. The van der Waals surface area contributed by atoms with Gasteiger partial charge < -0.3 is 0 Å². The third-order valence-electron chi connectivity index (χ3n) is 2.65. The van der Waals surface area contributed by atoms with E-state index < -0.39 is 0 Å². The Morgan fingerprint density at radius 1 is 1.05 bits per heavy atom. The molecular weight excluding hydrogens is 250 g/mol. The van der Waals surface area contributed by atoms with Crippen LogP contribution in [0, 0.1) is 11.3 Å². The molecular formula is C17H23NS. The summed E-state index contributed by atoms with van der Waals surface area (Å²) in [7, 11) is 0. The molecule has 102 valence electrons. The first-order valence-corrected chi connectivity index (χ1v) is 7.35. The van der Waals surface area contributed by atoms with E-state index in [1.165, 1.54) is 5.56 Å². The monoisotopic (exact) mass is 273 g/mol. The average Bonchev–Trinajstić information content (AvgIpc) is 2.26. The molecule has 1 rings (SSSR count). The zero-order chi connectivity index (χ0) is 14.7. The highest BCUT2D eigenvalue weighted by Crippen LogP contribution is 2.37. The summed E-state index contributed by atoms with van der Waals surface area (Å²) in [6, 6.07) is 10.7. The second-order valence-electron chi connectivity index (χ2n) is 6.68. The molecule has 0 heterocycles. The highest BCUT2D eigenvalue weighted by molar-refractivity contribution is 8.09. The van der Waals surface area contributed by atoms with E-state index in [1.54, 1.807) is 17.8 Å². The molecule has 0 amide bonds. The summed E-state index contributed by atoms with van der Waals surface area (Å²) in [4.78, 5) is 1.04. The van der Waals surface area contributed by atoms with Crippen LogP contribution < -0.4 is 0 Å². The Bertz CT molecular complexity index is 490. The molecule has 2 heteroatoms. The van der Waals surface area contributed by atoms with E-state index in [0.29, 0.717) is 0 Å². The lowest BCUT2D eigenvalue weighted by molar-refractivity contribution is 0.590. The van der Waals surface area contributed by atoms with E-state index in [1.807, 2.05) is 0 Å². The highest BCUT2D eigenvalue weighted by Gasteiger charge is 2.17. The Morgan fingerprint density at radius 3 is 1.95 bits per heavy atom. The predicted molar refractivity (Wildman–Crippen MR) is 86.1 cm³/mol. The molecule has 0 aliphatic carbocycles. The van der Waals surface area contributed by atoms with Gasteiger partial charge in [-0.2, -0.15) is 5.26 Å². The fourth-order valence-electron chi connectivity index (χ4n) is 1.69. The minimum Gasteiger partial charge on any atom is -0.193 e. The van der Waals surface area contributed by atoms with Crippen LogP contribution in [0.3, 0.4) is 0 Å². The summed E-state index contributed by atoms with van der Waals surface area (Å²) in [5.74, 6) is 0. The Morgan fingerprint density at radius 2 is 1.58 bits per heavy atom. The van der Waals surface area contributed by atoms with E-state index in [4.69, 9.17) is 5.26 Å². The molecule has 0 aliphatic rings. The van der Waals surface area contributed by atoms with Gasteiger partial charge in [-0.1, -0.05) is 65.8 Å². The SMILES string of the molecule is CC(C)(C)SC(=CC#N)c1ccc(C(C)(C)C)cc1. The van der Waals surface area contributed by atoms with Gasteiger partial charge in [-0.3, -0.25) is 0 Å². The summed E-state index contributed by atoms with van der Waals surface area (Å²) in [5, 5.41) is 8.94. The Labute approximate surface area is 121 Å². The summed E-state index contributed by atoms with van der Waals surface area (Å²) in [5.41, 5.74) is 2.59. The van der Waals surface area contributed by atoms with Gasteiger partial charge in [0.05, 0.1) is 6.07 Å². The van der Waals surface area contributed by atoms with Gasteiger partial charge >= 0.3 is 0 Å². The topological polar surface area (TPSA) is 23.8 Å². The molecule has 0 aliphatic heterocycles. The largest absolute Gasteiger partial charge is 0.193 e. The van der Waals surface area contributed by atoms with Crippen LogP contribution in [0.25, 0.3) is 4.91 Å². The van der Waals surface area contributed by atoms with Crippen LogP contribution in [-0.4, -0.2) is 4.75 Å². The van der Waals surface area contributed by atoms with Crippen molar-refractivity contribution in [2.75, 3.05) is 0 Å². The van der Waals surface area contributed by atoms with E-state index >= 15 is 0 Å². The maximum absolute atomic E-state index is 8.94. The van der Waals surface area contributed by atoms with Crippen molar-refractivity contribution in [2.24, 2.45) is 0 Å². The maximum Gasteiger partial charge on any atom is 0.0923 e. The minimum absolute atomic E-state index is 0.103. The third-order valence-corrected chi connectivity index (χ3v) is 3.83. The highest BCUT2D eigenvalue weighted by atomic mass is 32.2. The second-order valence-corrected chi connectivity index (χ2v) is 8.55. The Kier molecular flexibility index (Phi) is 4.87. The van der Waals surface area contributed by atoms with Crippen LogP contribution in [0.5, 0.6) is 0 Å².